The lowest BCUT2D eigenvalue weighted by molar-refractivity contribution is 0.546. The molecule has 1 unspecified atom stereocenters. The Labute approximate surface area is 73.1 Å². The first-order valence-corrected chi connectivity index (χ1v) is 5.83. The minimum absolute atomic E-state index is 0.568. The number of rotatable bonds is 3. The standard InChI is InChI=1S/C8H13NO2S/c1-3-5-8(12(2,10)11)6-4-7-9-8/h4,6-7H,3,5H2,1-2H3. The van der Waals surface area contributed by atoms with Crippen molar-refractivity contribution in [1.29, 1.82) is 0 Å². The summed E-state index contributed by atoms with van der Waals surface area (Å²) < 4.78 is 22.8. The van der Waals surface area contributed by atoms with Crippen molar-refractivity contribution < 1.29 is 8.42 Å². The predicted molar refractivity (Wildman–Crippen MR) is 50.1 cm³/mol. The summed E-state index contributed by atoms with van der Waals surface area (Å²) in [5.41, 5.74) is 0. The summed E-state index contributed by atoms with van der Waals surface area (Å²) in [6, 6.07) is 0. The lowest BCUT2D eigenvalue weighted by Gasteiger charge is -2.20. The van der Waals surface area contributed by atoms with Crippen LogP contribution >= 0.6 is 0 Å². The Kier molecular flexibility index (Phi) is 2.37. The van der Waals surface area contributed by atoms with Gasteiger partial charge in [0.2, 0.25) is 0 Å². The van der Waals surface area contributed by atoms with Crippen LogP contribution in [0.2, 0.25) is 0 Å². The Balaban J connectivity index is 3.05. The maximum Gasteiger partial charge on any atom is 0.179 e. The molecule has 0 fully saturated rings. The molecule has 1 rings (SSSR count). The minimum atomic E-state index is -3.11. The zero-order chi connectivity index (χ0) is 9.24. The first kappa shape index (κ1) is 9.45. The van der Waals surface area contributed by atoms with E-state index in [0.29, 0.717) is 6.42 Å². The molecule has 0 N–H and O–H groups in total. The molecule has 1 heterocycles. The van der Waals surface area contributed by atoms with Crippen LogP contribution in [0.1, 0.15) is 19.8 Å². The molecule has 4 heteroatoms. The van der Waals surface area contributed by atoms with Gasteiger partial charge in [0, 0.05) is 12.5 Å². The van der Waals surface area contributed by atoms with Crippen molar-refractivity contribution in [3.8, 4) is 0 Å². The molecule has 1 aliphatic heterocycles. The van der Waals surface area contributed by atoms with Gasteiger partial charge in [-0.1, -0.05) is 13.3 Å². The van der Waals surface area contributed by atoms with E-state index in [0.717, 1.165) is 6.42 Å². The van der Waals surface area contributed by atoms with E-state index >= 15 is 0 Å². The molecule has 0 aromatic heterocycles. The molecule has 1 aliphatic rings. The second-order valence-electron chi connectivity index (χ2n) is 3.00. The molecule has 0 aliphatic carbocycles. The van der Waals surface area contributed by atoms with Gasteiger partial charge in [-0.25, -0.2) is 8.42 Å². The fourth-order valence-electron chi connectivity index (χ4n) is 1.32. The minimum Gasteiger partial charge on any atom is -0.266 e. The summed E-state index contributed by atoms with van der Waals surface area (Å²) in [7, 11) is -3.11. The highest BCUT2D eigenvalue weighted by molar-refractivity contribution is 7.92. The number of nitrogens with zero attached hydrogens (tertiary/aromatic N) is 1. The van der Waals surface area contributed by atoms with Gasteiger partial charge in [0.15, 0.2) is 14.7 Å². The van der Waals surface area contributed by atoms with Gasteiger partial charge in [-0.15, -0.1) is 0 Å². The van der Waals surface area contributed by atoms with Crippen LogP contribution in [0.15, 0.2) is 17.1 Å². The maximum absolute atomic E-state index is 11.4. The SMILES string of the molecule is CCCC1(S(C)(=O)=O)C=CC=N1. The van der Waals surface area contributed by atoms with Crippen molar-refractivity contribution in [2.75, 3.05) is 6.26 Å². The topological polar surface area (TPSA) is 46.5 Å². The van der Waals surface area contributed by atoms with Crippen molar-refractivity contribution in [2.24, 2.45) is 4.99 Å². The van der Waals surface area contributed by atoms with Crippen LogP contribution in [0.3, 0.4) is 0 Å². The zero-order valence-corrected chi connectivity index (χ0v) is 8.13. The summed E-state index contributed by atoms with van der Waals surface area (Å²) in [5.74, 6) is 0. The summed E-state index contributed by atoms with van der Waals surface area (Å²) in [5, 5.41) is 0. The van der Waals surface area contributed by atoms with E-state index < -0.39 is 14.7 Å². The molecule has 12 heavy (non-hydrogen) atoms. The van der Waals surface area contributed by atoms with Crippen LogP contribution in [-0.4, -0.2) is 25.8 Å². The summed E-state index contributed by atoms with van der Waals surface area (Å²) in [6.07, 6.45) is 7.52. The average molecular weight is 187 g/mol. The highest BCUT2D eigenvalue weighted by atomic mass is 32.2. The van der Waals surface area contributed by atoms with Crippen LogP contribution < -0.4 is 0 Å². The van der Waals surface area contributed by atoms with E-state index in [1.54, 1.807) is 18.4 Å². The molecule has 0 aromatic rings. The summed E-state index contributed by atoms with van der Waals surface area (Å²) in [6.45, 7) is 1.95. The zero-order valence-electron chi connectivity index (χ0n) is 7.32. The van der Waals surface area contributed by atoms with Crippen LogP contribution in [0.4, 0.5) is 0 Å². The molecule has 0 saturated heterocycles. The van der Waals surface area contributed by atoms with Gasteiger partial charge >= 0.3 is 0 Å². The maximum atomic E-state index is 11.4. The highest BCUT2D eigenvalue weighted by Gasteiger charge is 2.37. The summed E-state index contributed by atoms with van der Waals surface area (Å²) in [4.78, 5) is 3.05. The first-order chi connectivity index (χ1) is 5.52. The van der Waals surface area contributed by atoms with E-state index in [1.807, 2.05) is 6.92 Å². The normalized spacial score (nSPS) is 28.2. The Morgan fingerprint density at radius 2 is 2.17 bits per heavy atom. The largest absolute Gasteiger partial charge is 0.266 e. The molecule has 0 aromatic carbocycles. The Morgan fingerprint density at radius 1 is 1.50 bits per heavy atom. The lowest BCUT2D eigenvalue weighted by atomic mass is 10.2. The fourth-order valence-corrected chi connectivity index (χ4v) is 2.47. The molecule has 1 atom stereocenters. The smallest absolute Gasteiger partial charge is 0.179 e. The lowest BCUT2D eigenvalue weighted by Crippen LogP contribution is -2.32. The van der Waals surface area contributed by atoms with Crippen molar-refractivity contribution >= 4 is 16.1 Å². The Bertz CT molecular complexity index is 302. The highest BCUT2D eigenvalue weighted by Crippen LogP contribution is 2.28. The van der Waals surface area contributed by atoms with Gasteiger partial charge < -0.3 is 0 Å². The monoisotopic (exact) mass is 187 g/mol. The van der Waals surface area contributed by atoms with Crippen molar-refractivity contribution in [3.05, 3.63) is 12.2 Å². The number of hydrogen-bond acceptors (Lipinski definition) is 3. The van der Waals surface area contributed by atoms with Crippen LogP contribution in [0, 0.1) is 0 Å². The molecule has 3 nitrogen and oxygen atoms in total. The van der Waals surface area contributed by atoms with E-state index in [2.05, 4.69) is 4.99 Å². The van der Waals surface area contributed by atoms with Gasteiger partial charge in [0.25, 0.3) is 0 Å². The second kappa shape index (κ2) is 3.01. The van der Waals surface area contributed by atoms with Crippen molar-refractivity contribution in [3.63, 3.8) is 0 Å². The molecule has 0 radical (unpaired) electrons. The number of aliphatic imine (C=N–C) groups is 1. The van der Waals surface area contributed by atoms with Gasteiger partial charge in [-0.05, 0) is 18.6 Å². The van der Waals surface area contributed by atoms with E-state index in [9.17, 15) is 8.42 Å². The molecule has 68 valence electrons. The molecule has 0 spiro atoms. The third kappa shape index (κ3) is 1.43. The number of allylic oxidation sites excluding steroid dienone is 1. The third-order valence-corrected chi connectivity index (χ3v) is 3.72. The molecule has 0 bridgehead atoms. The first-order valence-electron chi connectivity index (χ1n) is 3.94. The van der Waals surface area contributed by atoms with E-state index in [-0.39, 0.29) is 0 Å². The second-order valence-corrected chi connectivity index (χ2v) is 5.26. The molecular formula is C8H13NO2S. The Hall–Kier alpha value is -0.640. The van der Waals surface area contributed by atoms with Crippen molar-refractivity contribution in [1.82, 2.24) is 0 Å². The van der Waals surface area contributed by atoms with Crippen molar-refractivity contribution in [2.45, 2.75) is 24.6 Å². The quantitative estimate of drug-likeness (QED) is 0.665. The van der Waals surface area contributed by atoms with E-state index in [4.69, 9.17) is 0 Å². The number of hydrogen-bond donors (Lipinski definition) is 0. The van der Waals surface area contributed by atoms with Gasteiger partial charge in [-0.3, -0.25) is 4.99 Å². The molecule has 0 saturated carbocycles. The third-order valence-electron chi connectivity index (χ3n) is 1.99. The summed E-state index contributed by atoms with van der Waals surface area (Å²) >= 11 is 0. The van der Waals surface area contributed by atoms with Crippen LogP contribution in [0.25, 0.3) is 0 Å². The van der Waals surface area contributed by atoms with Crippen LogP contribution in [0.5, 0.6) is 0 Å². The number of sulfone groups is 1. The average Bonchev–Trinajstić information content (AvgIpc) is 2.36. The fraction of sp³-hybridized carbons (Fsp3) is 0.625. The van der Waals surface area contributed by atoms with Gasteiger partial charge in [-0.2, -0.15) is 0 Å². The predicted octanol–water partition coefficient (Wildman–Crippen LogP) is 1.17. The van der Waals surface area contributed by atoms with Gasteiger partial charge in [0.1, 0.15) is 0 Å². The molecular weight excluding hydrogens is 174 g/mol. The van der Waals surface area contributed by atoms with Gasteiger partial charge in [0.05, 0.1) is 0 Å². The van der Waals surface area contributed by atoms with Crippen LogP contribution in [-0.2, 0) is 9.84 Å². The molecule has 0 amide bonds. The Morgan fingerprint density at radius 3 is 2.50 bits per heavy atom. The van der Waals surface area contributed by atoms with E-state index in [1.165, 1.54) is 6.26 Å².